The molecule has 2 N–H and O–H groups in total. The van der Waals surface area contributed by atoms with E-state index >= 15 is 0 Å². The second kappa shape index (κ2) is 9.14. The van der Waals surface area contributed by atoms with Crippen LogP contribution in [0.15, 0.2) is 24.3 Å². The van der Waals surface area contributed by atoms with E-state index in [2.05, 4.69) is 34.3 Å². The van der Waals surface area contributed by atoms with Crippen molar-refractivity contribution in [1.82, 2.24) is 4.72 Å². The smallest absolute Gasteiger partial charge is 0.216 e. The van der Waals surface area contributed by atoms with Crippen LogP contribution in [-0.2, 0) is 14.8 Å². The lowest BCUT2D eigenvalue weighted by molar-refractivity contribution is 0.0853. The highest BCUT2D eigenvalue weighted by Gasteiger charge is 2.32. The third-order valence-corrected chi connectivity index (χ3v) is 8.40. The largest absolute Gasteiger partial charge is 0.385 e. The number of ether oxygens (including phenoxy) is 1. The van der Waals surface area contributed by atoms with Gasteiger partial charge in [0.15, 0.2) is 0 Å². The molecule has 0 radical (unpaired) electrons. The van der Waals surface area contributed by atoms with E-state index < -0.39 is 14.8 Å². The molecule has 1 saturated heterocycles. The van der Waals surface area contributed by atoms with E-state index in [-0.39, 0.29) is 6.04 Å². The van der Waals surface area contributed by atoms with Crippen molar-refractivity contribution in [2.75, 3.05) is 25.1 Å². The highest BCUT2D eigenvalue weighted by molar-refractivity contribution is 7.90. The predicted octanol–water partition coefficient (Wildman–Crippen LogP) is 4.27. The third kappa shape index (κ3) is 5.71. The zero-order valence-electron chi connectivity index (χ0n) is 17.5. The number of hydrogen-bond acceptors (Lipinski definition) is 4. The molecule has 0 unspecified atom stereocenters. The number of rotatable bonds is 6. The maximum absolute atomic E-state index is 12.3. The van der Waals surface area contributed by atoms with Crippen LogP contribution in [0.2, 0.25) is 0 Å². The second-order valence-corrected chi connectivity index (χ2v) is 11.8. The van der Waals surface area contributed by atoms with E-state index in [9.17, 15) is 8.42 Å². The minimum Gasteiger partial charge on any atom is -0.385 e. The molecule has 1 heterocycles. The minimum atomic E-state index is -3.26. The molecule has 3 rings (SSSR count). The van der Waals surface area contributed by atoms with Crippen LogP contribution in [0.25, 0.3) is 0 Å². The molecular formula is C22H36N2O3S. The Hall–Kier alpha value is -1.11. The maximum Gasteiger partial charge on any atom is 0.216 e. The van der Waals surface area contributed by atoms with Gasteiger partial charge >= 0.3 is 0 Å². The van der Waals surface area contributed by atoms with Crippen LogP contribution in [-0.4, -0.2) is 39.0 Å². The zero-order chi connectivity index (χ0) is 20.2. The first-order valence-corrected chi connectivity index (χ1v) is 12.2. The highest BCUT2D eigenvalue weighted by Crippen LogP contribution is 2.30. The van der Waals surface area contributed by atoms with Crippen LogP contribution in [0.4, 0.5) is 5.69 Å². The van der Waals surface area contributed by atoms with Crippen LogP contribution >= 0.6 is 0 Å². The lowest BCUT2D eigenvalue weighted by Crippen LogP contribution is -2.46. The summed E-state index contributed by atoms with van der Waals surface area (Å²) >= 11 is 0. The van der Waals surface area contributed by atoms with E-state index in [1.807, 2.05) is 0 Å². The second-order valence-electron chi connectivity index (χ2n) is 9.34. The monoisotopic (exact) mass is 408 g/mol. The first-order valence-electron chi connectivity index (χ1n) is 10.7. The van der Waals surface area contributed by atoms with E-state index in [0.29, 0.717) is 11.8 Å². The predicted molar refractivity (Wildman–Crippen MR) is 115 cm³/mol. The molecule has 2 aliphatic rings. The fourth-order valence-corrected chi connectivity index (χ4v) is 5.10. The van der Waals surface area contributed by atoms with Crippen molar-refractivity contribution >= 4 is 15.7 Å². The highest BCUT2D eigenvalue weighted by atomic mass is 32.2. The molecule has 0 bridgehead atoms. The summed E-state index contributed by atoms with van der Waals surface area (Å²) in [6.45, 7) is 7.93. The zero-order valence-corrected chi connectivity index (χ0v) is 18.4. The molecule has 1 aromatic rings. The first kappa shape index (κ1) is 21.6. The molecule has 0 atom stereocenters. The first-order chi connectivity index (χ1) is 13.2. The Labute approximate surface area is 170 Å². The van der Waals surface area contributed by atoms with Crippen molar-refractivity contribution in [3.8, 4) is 0 Å². The molecule has 158 valence electrons. The normalized spacial score (nSPS) is 24.8. The van der Waals surface area contributed by atoms with Gasteiger partial charge in [-0.1, -0.05) is 12.1 Å². The van der Waals surface area contributed by atoms with Gasteiger partial charge in [-0.2, -0.15) is 0 Å². The summed E-state index contributed by atoms with van der Waals surface area (Å²) in [5.74, 6) is 1.21. The van der Waals surface area contributed by atoms with Gasteiger partial charge in [-0.05, 0) is 88.8 Å². The van der Waals surface area contributed by atoms with Gasteiger partial charge in [-0.25, -0.2) is 13.1 Å². The molecule has 1 saturated carbocycles. The summed E-state index contributed by atoms with van der Waals surface area (Å²) < 4.78 is 32.3. The SMILES string of the molecule is CC(C)(C)S(=O)(=O)N[C@H]1CC[C@H](CNc2cccc(C3CCOCC3)c2)CC1. The molecule has 2 fully saturated rings. The number of anilines is 1. The molecule has 1 aromatic carbocycles. The van der Waals surface area contributed by atoms with Gasteiger partial charge in [-0.15, -0.1) is 0 Å². The number of nitrogens with one attached hydrogen (secondary N) is 2. The van der Waals surface area contributed by atoms with E-state index in [0.717, 1.165) is 58.3 Å². The van der Waals surface area contributed by atoms with Crippen LogP contribution in [0.3, 0.4) is 0 Å². The van der Waals surface area contributed by atoms with Gasteiger partial charge in [0.2, 0.25) is 10.0 Å². The molecule has 6 heteroatoms. The maximum atomic E-state index is 12.3. The van der Waals surface area contributed by atoms with Crippen molar-refractivity contribution in [1.29, 1.82) is 0 Å². The molecule has 1 aliphatic heterocycles. The lowest BCUT2D eigenvalue weighted by atomic mass is 9.86. The molecular weight excluding hydrogens is 372 g/mol. The van der Waals surface area contributed by atoms with Gasteiger partial charge in [0, 0.05) is 31.5 Å². The average Bonchev–Trinajstić information content (AvgIpc) is 2.67. The summed E-state index contributed by atoms with van der Waals surface area (Å²) in [6.07, 6.45) is 6.18. The summed E-state index contributed by atoms with van der Waals surface area (Å²) in [6, 6.07) is 8.89. The Bertz CT molecular complexity index is 728. The average molecular weight is 409 g/mol. The van der Waals surface area contributed by atoms with E-state index in [1.54, 1.807) is 20.8 Å². The Balaban J connectivity index is 1.46. The summed E-state index contributed by atoms with van der Waals surface area (Å²) in [5, 5.41) is 3.61. The van der Waals surface area contributed by atoms with Crippen molar-refractivity contribution in [2.45, 2.75) is 76.0 Å². The van der Waals surface area contributed by atoms with Gasteiger partial charge in [0.05, 0.1) is 4.75 Å². The molecule has 0 amide bonds. The fourth-order valence-electron chi connectivity index (χ4n) is 4.08. The van der Waals surface area contributed by atoms with Gasteiger partial charge in [0.25, 0.3) is 0 Å². The van der Waals surface area contributed by atoms with E-state index in [1.165, 1.54) is 11.3 Å². The number of benzene rings is 1. The molecule has 0 spiro atoms. The topological polar surface area (TPSA) is 67.4 Å². The third-order valence-electron chi connectivity index (χ3n) is 6.15. The minimum absolute atomic E-state index is 0.0809. The van der Waals surface area contributed by atoms with Gasteiger partial charge in [-0.3, -0.25) is 0 Å². The quantitative estimate of drug-likeness (QED) is 0.738. The summed E-state index contributed by atoms with van der Waals surface area (Å²) in [7, 11) is -3.26. The van der Waals surface area contributed by atoms with Crippen molar-refractivity contribution in [3.63, 3.8) is 0 Å². The summed E-state index contributed by atoms with van der Waals surface area (Å²) in [4.78, 5) is 0. The summed E-state index contributed by atoms with van der Waals surface area (Å²) in [5.41, 5.74) is 2.60. The van der Waals surface area contributed by atoms with Crippen LogP contribution < -0.4 is 10.0 Å². The van der Waals surface area contributed by atoms with Crippen molar-refractivity contribution in [2.24, 2.45) is 5.92 Å². The van der Waals surface area contributed by atoms with Crippen molar-refractivity contribution < 1.29 is 13.2 Å². The lowest BCUT2D eigenvalue weighted by Gasteiger charge is -2.31. The Morgan fingerprint density at radius 2 is 1.71 bits per heavy atom. The molecule has 28 heavy (non-hydrogen) atoms. The molecule has 5 nitrogen and oxygen atoms in total. The van der Waals surface area contributed by atoms with E-state index in [4.69, 9.17) is 4.74 Å². The van der Waals surface area contributed by atoms with Gasteiger partial charge < -0.3 is 10.1 Å². The van der Waals surface area contributed by atoms with Crippen LogP contribution in [0, 0.1) is 5.92 Å². The number of sulfonamides is 1. The van der Waals surface area contributed by atoms with Crippen molar-refractivity contribution in [3.05, 3.63) is 29.8 Å². The molecule has 0 aromatic heterocycles. The Kier molecular flexibility index (Phi) is 7.05. The fraction of sp³-hybridized carbons (Fsp3) is 0.727. The Morgan fingerprint density at radius 3 is 2.36 bits per heavy atom. The number of hydrogen-bond donors (Lipinski definition) is 2. The van der Waals surface area contributed by atoms with Crippen LogP contribution in [0.1, 0.15) is 70.8 Å². The standard InChI is InChI=1S/C22H36N2O3S/c1-22(2,3)28(25,26)24-20-9-7-17(8-10-20)16-23-21-6-4-5-19(15-21)18-11-13-27-14-12-18/h4-6,15,17-18,20,23-24H,7-14,16H2,1-3H3/t17-,20-. The van der Waals surface area contributed by atoms with Crippen LogP contribution in [0.5, 0.6) is 0 Å². The Morgan fingerprint density at radius 1 is 1.04 bits per heavy atom. The molecule has 1 aliphatic carbocycles. The van der Waals surface area contributed by atoms with Gasteiger partial charge in [0.1, 0.15) is 0 Å².